The highest BCUT2D eigenvalue weighted by atomic mass is 16.5. The lowest BCUT2D eigenvalue weighted by atomic mass is 10.0. The third-order valence-electron chi connectivity index (χ3n) is 6.67. The van der Waals surface area contributed by atoms with Crippen LogP contribution in [0.25, 0.3) is 32.9 Å². The van der Waals surface area contributed by atoms with Crippen molar-refractivity contribution in [3.8, 4) is 16.9 Å². The van der Waals surface area contributed by atoms with Gasteiger partial charge in [-0.15, -0.1) is 0 Å². The van der Waals surface area contributed by atoms with Gasteiger partial charge in [0.2, 0.25) is 0 Å². The molecular weight excluding hydrogens is 440 g/mol. The largest absolute Gasteiger partial charge is 0.494 e. The number of benzene rings is 5. The van der Waals surface area contributed by atoms with Crippen LogP contribution in [-0.4, -0.2) is 16.2 Å². The Labute approximate surface area is 211 Å². The van der Waals surface area contributed by atoms with E-state index in [1.165, 1.54) is 33.0 Å². The molecule has 176 valence electrons. The van der Waals surface area contributed by atoms with Crippen LogP contribution in [0, 0.1) is 0 Å². The lowest BCUT2D eigenvalue weighted by Crippen LogP contribution is -2.08. The van der Waals surface area contributed by atoms with Gasteiger partial charge in [-0.05, 0) is 58.1 Å². The molecule has 0 aliphatic rings. The van der Waals surface area contributed by atoms with Crippen molar-refractivity contribution in [2.75, 3.05) is 6.61 Å². The fourth-order valence-electron chi connectivity index (χ4n) is 4.81. The van der Waals surface area contributed by atoms with Crippen molar-refractivity contribution < 1.29 is 4.74 Å². The molecule has 0 atom stereocenters. The normalized spacial score (nSPS) is 11.2. The van der Waals surface area contributed by atoms with Crippen LogP contribution in [0.5, 0.6) is 5.75 Å². The smallest absolute Gasteiger partial charge is 0.119 e. The van der Waals surface area contributed by atoms with Crippen molar-refractivity contribution in [3.63, 3.8) is 0 Å². The fraction of sp³-hybridized carbons (Fsp3) is 0.121. The molecule has 0 N–H and O–H groups in total. The molecule has 0 radical (unpaired) electrons. The monoisotopic (exact) mass is 468 g/mol. The summed E-state index contributed by atoms with van der Waals surface area (Å²) in [6.45, 7) is 1.53. The zero-order chi connectivity index (χ0) is 24.2. The minimum atomic E-state index is 0.663. The first-order chi connectivity index (χ1) is 17.8. The van der Waals surface area contributed by atoms with E-state index in [1.807, 2.05) is 0 Å². The predicted molar refractivity (Wildman–Crippen MR) is 148 cm³/mol. The van der Waals surface area contributed by atoms with Gasteiger partial charge in [0.1, 0.15) is 11.6 Å². The minimum absolute atomic E-state index is 0.663. The average Bonchev–Trinajstić information content (AvgIpc) is 3.28. The SMILES string of the molecule is c1ccc(-c2ccc(Cc3nc4ccccc4n3CCCOc3ccc4ccccc4c3)cc2)cc1. The molecule has 0 bridgehead atoms. The van der Waals surface area contributed by atoms with E-state index >= 15 is 0 Å². The number of aryl methyl sites for hydroxylation is 1. The summed E-state index contributed by atoms with van der Waals surface area (Å²) in [5.41, 5.74) is 5.96. The van der Waals surface area contributed by atoms with Gasteiger partial charge in [-0.25, -0.2) is 4.98 Å². The van der Waals surface area contributed by atoms with Crippen molar-refractivity contribution in [1.29, 1.82) is 0 Å². The Morgan fingerprint density at radius 2 is 1.36 bits per heavy atom. The summed E-state index contributed by atoms with van der Waals surface area (Å²) in [6.07, 6.45) is 1.71. The Bertz CT molecular complexity index is 1600. The van der Waals surface area contributed by atoms with E-state index in [1.54, 1.807) is 0 Å². The summed E-state index contributed by atoms with van der Waals surface area (Å²) in [5.74, 6) is 2.01. The van der Waals surface area contributed by atoms with Gasteiger partial charge in [0.15, 0.2) is 0 Å². The van der Waals surface area contributed by atoms with Crippen molar-refractivity contribution in [1.82, 2.24) is 9.55 Å². The van der Waals surface area contributed by atoms with Crippen LogP contribution >= 0.6 is 0 Å². The van der Waals surface area contributed by atoms with Gasteiger partial charge in [0.05, 0.1) is 17.6 Å². The first kappa shape index (κ1) is 22.1. The number of fused-ring (bicyclic) bond motifs is 2. The number of para-hydroxylation sites is 2. The van der Waals surface area contributed by atoms with Crippen LogP contribution in [0.2, 0.25) is 0 Å². The van der Waals surface area contributed by atoms with Crippen molar-refractivity contribution >= 4 is 21.8 Å². The Morgan fingerprint density at radius 3 is 2.22 bits per heavy atom. The third-order valence-corrected chi connectivity index (χ3v) is 6.67. The molecule has 6 aromatic rings. The average molecular weight is 469 g/mol. The molecule has 0 saturated heterocycles. The number of hydrogen-bond acceptors (Lipinski definition) is 2. The van der Waals surface area contributed by atoms with E-state index in [2.05, 4.69) is 126 Å². The van der Waals surface area contributed by atoms with Crippen LogP contribution in [0.4, 0.5) is 0 Å². The first-order valence-electron chi connectivity index (χ1n) is 12.5. The number of imidazole rings is 1. The van der Waals surface area contributed by atoms with E-state index in [9.17, 15) is 0 Å². The van der Waals surface area contributed by atoms with E-state index in [4.69, 9.17) is 9.72 Å². The second kappa shape index (κ2) is 10.1. The number of ether oxygens (including phenoxy) is 1. The molecule has 0 aliphatic carbocycles. The molecule has 3 nitrogen and oxygen atoms in total. The third kappa shape index (κ3) is 4.73. The molecular formula is C33H28N2O. The summed E-state index contributed by atoms with van der Waals surface area (Å²) in [7, 11) is 0. The molecule has 1 heterocycles. The number of aromatic nitrogens is 2. The second-order valence-electron chi connectivity index (χ2n) is 9.12. The summed E-state index contributed by atoms with van der Waals surface area (Å²) >= 11 is 0. The van der Waals surface area contributed by atoms with E-state index < -0.39 is 0 Å². The highest BCUT2D eigenvalue weighted by Gasteiger charge is 2.11. The quantitative estimate of drug-likeness (QED) is 0.212. The van der Waals surface area contributed by atoms with Crippen LogP contribution in [0.15, 0.2) is 121 Å². The Kier molecular flexibility index (Phi) is 6.20. The van der Waals surface area contributed by atoms with Gasteiger partial charge >= 0.3 is 0 Å². The van der Waals surface area contributed by atoms with Gasteiger partial charge in [0, 0.05) is 13.0 Å². The second-order valence-corrected chi connectivity index (χ2v) is 9.12. The van der Waals surface area contributed by atoms with Crippen LogP contribution in [0.3, 0.4) is 0 Å². The molecule has 0 saturated carbocycles. The van der Waals surface area contributed by atoms with Gasteiger partial charge in [-0.1, -0.05) is 97.1 Å². The first-order valence-corrected chi connectivity index (χ1v) is 12.5. The maximum absolute atomic E-state index is 6.10. The van der Waals surface area contributed by atoms with E-state index in [0.29, 0.717) is 6.61 Å². The van der Waals surface area contributed by atoms with Crippen LogP contribution in [-0.2, 0) is 13.0 Å². The number of rotatable bonds is 8. The lowest BCUT2D eigenvalue weighted by molar-refractivity contribution is 0.302. The zero-order valence-corrected chi connectivity index (χ0v) is 20.2. The Balaban J connectivity index is 1.16. The van der Waals surface area contributed by atoms with Crippen LogP contribution in [0.1, 0.15) is 17.8 Å². The van der Waals surface area contributed by atoms with Gasteiger partial charge in [0.25, 0.3) is 0 Å². The Hall–Kier alpha value is -4.37. The number of nitrogens with zero attached hydrogens (tertiary/aromatic N) is 2. The van der Waals surface area contributed by atoms with Gasteiger partial charge in [-0.3, -0.25) is 0 Å². The molecule has 0 fully saturated rings. The molecule has 3 heteroatoms. The molecule has 1 aromatic heterocycles. The molecule has 0 aliphatic heterocycles. The van der Waals surface area contributed by atoms with E-state index in [-0.39, 0.29) is 0 Å². The predicted octanol–water partition coefficient (Wildman–Crippen LogP) is 7.92. The maximum Gasteiger partial charge on any atom is 0.119 e. The number of hydrogen-bond donors (Lipinski definition) is 0. The molecule has 36 heavy (non-hydrogen) atoms. The van der Waals surface area contributed by atoms with Crippen LogP contribution < -0.4 is 4.74 Å². The van der Waals surface area contributed by atoms with E-state index in [0.717, 1.165) is 36.5 Å². The minimum Gasteiger partial charge on any atom is -0.494 e. The van der Waals surface area contributed by atoms with Gasteiger partial charge in [-0.2, -0.15) is 0 Å². The molecule has 0 amide bonds. The summed E-state index contributed by atoms with van der Waals surface area (Å²) in [4.78, 5) is 4.98. The van der Waals surface area contributed by atoms with Gasteiger partial charge < -0.3 is 9.30 Å². The zero-order valence-electron chi connectivity index (χ0n) is 20.2. The van der Waals surface area contributed by atoms with Crippen molar-refractivity contribution in [3.05, 3.63) is 133 Å². The highest BCUT2D eigenvalue weighted by molar-refractivity contribution is 5.83. The summed E-state index contributed by atoms with van der Waals surface area (Å²) < 4.78 is 8.46. The van der Waals surface area contributed by atoms with Crippen molar-refractivity contribution in [2.24, 2.45) is 0 Å². The lowest BCUT2D eigenvalue weighted by Gasteiger charge is -2.11. The standard InChI is InChI=1S/C33H28N2O/c1-2-9-26(10-3-1)28-17-15-25(16-18-28)23-33-34-31-13-6-7-14-32(31)35(33)21-8-22-36-30-20-19-27-11-4-5-12-29(27)24-30/h1-7,9-20,24H,8,21-23H2. The molecule has 5 aromatic carbocycles. The topological polar surface area (TPSA) is 27.1 Å². The fourth-order valence-corrected chi connectivity index (χ4v) is 4.81. The molecule has 6 rings (SSSR count). The molecule has 0 unspecified atom stereocenters. The highest BCUT2D eigenvalue weighted by Crippen LogP contribution is 2.24. The maximum atomic E-state index is 6.10. The molecule has 0 spiro atoms. The summed E-state index contributed by atoms with van der Waals surface area (Å²) in [6, 6.07) is 42.4. The Morgan fingerprint density at radius 1 is 0.639 bits per heavy atom. The summed E-state index contributed by atoms with van der Waals surface area (Å²) in [5, 5.41) is 2.44. The van der Waals surface area contributed by atoms with Crippen molar-refractivity contribution in [2.45, 2.75) is 19.4 Å².